The molecule has 0 aromatic carbocycles. The van der Waals surface area contributed by atoms with E-state index >= 15 is 0 Å². The second-order valence-electron chi connectivity index (χ2n) is 5.70. The Balaban J connectivity index is 1.54. The van der Waals surface area contributed by atoms with Gasteiger partial charge >= 0.3 is 0 Å². The molecule has 4 rings (SSSR count). The predicted molar refractivity (Wildman–Crippen MR) is 83.3 cm³/mol. The largest absolute Gasteiger partial charge is 0.307 e. The molecule has 0 spiro atoms. The first-order chi connectivity index (χ1) is 10.3. The summed E-state index contributed by atoms with van der Waals surface area (Å²) in [6.07, 6.45) is 5.38. The van der Waals surface area contributed by atoms with Crippen LogP contribution in [0.4, 0.5) is 5.69 Å². The van der Waals surface area contributed by atoms with Gasteiger partial charge in [-0.1, -0.05) is 0 Å². The summed E-state index contributed by atoms with van der Waals surface area (Å²) in [7, 11) is 0. The number of hydrogen-bond acceptors (Lipinski definition) is 4. The Kier molecular flexibility index (Phi) is 3.24. The highest BCUT2D eigenvalue weighted by molar-refractivity contribution is 7.08. The van der Waals surface area contributed by atoms with Crippen molar-refractivity contribution in [3.05, 3.63) is 46.9 Å². The fraction of sp³-hybridized carbons (Fsp3) is 0.375. The van der Waals surface area contributed by atoms with Crippen LogP contribution in [0.5, 0.6) is 0 Å². The molecule has 0 N–H and O–H groups in total. The summed E-state index contributed by atoms with van der Waals surface area (Å²) in [6, 6.07) is 6.86. The Hall–Kier alpha value is -1.72. The number of aromatic nitrogens is 1. The van der Waals surface area contributed by atoms with Gasteiger partial charge in [0.1, 0.15) is 0 Å². The summed E-state index contributed by atoms with van der Waals surface area (Å²) >= 11 is 1.65. The van der Waals surface area contributed by atoms with Gasteiger partial charge < -0.3 is 4.90 Å². The van der Waals surface area contributed by atoms with Crippen LogP contribution in [0.3, 0.4) is 0 Å². The van der Waals surface area contributed by atoms with Crippen LogP contribution < -0.4 is 4.90 Å². The van der Waals surface area contributed by atoms with E-state index in [0.29, 0.717) is 18.5 Å². The maximum Gasteiger partial charge on any atom is 0.228 e. The van der Waals surface area contributed by atoms with Crippen molar-refractivity contribution in [2.24, 2.45) is 0 Å². The zero-order valence-corrected chi connectivity index (χ0v) is 12.5. The first-order valence-corrected chi connectivity index (χ1v) is 8.24. The van der Waals surface area contributed by atoms with Crippen LogP contribution in [0, 0.1) is 0 Å². The number of pyridine rings is 1. The summed E-state index contributed by atoms with van der Waals surface area (Å²) in [4.78, 5) is 20.9. The molecule has 2 atom stereocenters. The van der Waals surface area contributed by atoms with Crippen molar-refractivity contribution in [3.63, 3.8) is 0 Å². The molecule has 5 heteroatoms. The molecule has 4 nitrogen and oxygen atoms in total. The number of rotatable bonds is 3. The van der Waals surface area contributed by atoms with Crippen LogP contribution >= 0.6 is 11.3 Å². The molecule has 2 fully saturated rings. The second-order valence-corrected chi connectivity index (χ2v) is 6.48. The Bertz CT molecular complexity index is 628. The van der Waals surface area contributed by atoms with Gasteiger partial charge in [0.05, 0.1) is 11.7 Å². The average Bonchev–Trinajstić information content (AvgIpc) is 3.19. The van der Waals surface area contributed by atoms with Crippen LogP contribution in [0.2, 0.25) is 0 Å². The lowest BCUT2D eigenvalue weighted by molar-refractivity contribution is -0.117. The van der Waals surface area contributed by atoms with Gasteiger partial charge in [-0.15, -0.1) is 0 Å². The van der Waals surface area contributed by atoms with E-state index in [2.05, 4.69) is 33.5 Å². The summed E-state index contributed by atoms with van der Waals surface area (Å²) < 4.78 is 0. The first-order valence-electron chi connectivity index (χ1n) is 7.30. The Morgan fingerprint density at radius 3 is 2.86 bits per heavy atom. The summed E-state index contributed by atoms with van der Waals surface area (Å²) in [5, 5.41) is 4.12. The monoisotopic (exact) mass is 299 g/mol. The van der Waals surface area contributed by atoms with Crippen molar-refractivity contribution in [2.75, 3.05) is 11.4 Å². The van der Waals surface area contributed by atoms with E-state index < -0.39 is 0 Å². The van der Waals surface area contributed by atoms with Crippen LogP contribution in [0.1, 0.15) is 18.4 Å². The topological polar surface area (TPSA) is 36.4 Å². The molecule has 21 heavy (non-hydrogen) atoms. The highest BCUT2D eigenvalue weighted by Crippen LogP contribution is 2.37. The van der Waals surface area contributed by atoms with Crippen molar-refractivity contribution in [3.8, 4) is 0 Å². The standard InChI is InChI=1S/C16H17N3OS/c20-16-9-15-14(19(16)13-4-8-21-11-13)3-7-18(15)10-12-1-5-17-6-2-12/h1-2,4-6,8,11,14-15H,3,7,9-10H2/t14-,15+/m1/s1. The number of amides is 1. The molecule has 2 saturated heterocycles. The number of anilines is 1. The molecule has 0 unspecified atom stereocenters. The molecule has 2 aromatic rings. The number of likely N-dealkylation sites (tertiary alicyclic amines) is 1. The zero-order valence-electron chi connectivity index (χ0n) is 11.7. The lowest BCUT2D eigenvalue weighted by atomic mass is 10.1. The van der Waals surface area contributed by atoms with Gasteiger partial charge in [0.25, 0.3) is 0 Å². The molecule has 2 aromatic heterocycles. The molecule has 0 saturated carbocycles. The number of thiophene rings is 1. The first kappa shape index (κ1) is 13.0. The van der Waals surface area contributed by atoms with Crippen molar-refractivity contribution >= 4 is 22.9 Å². The van der Waals surface area contributed by atoms with Gasteiger partial charge in [-0.2, -0.15) is 11.3 Å². The summed E-state index contributed by atoms with van der Waals surface area (Å²) in [6.45, 7) is 1.97. The summed E-state index contributed by atoms with van der Waals surface area (Å²) in [5.41, 5.74) is 2.34. The van der Waals surface area contributed by atoms with Crippen molar-refractivity contribution in [2.45, 2.75) is 31.5 Å². The third kappa shape index (κ3) is 2.26. The molecule has 0 bridgehead atoms. The van der Waals surface area contributed by atoms with E-state index in [0.717, 1.165) is 25.2 Å². The van der Waals surface area contributed by atoms with E-state index in [-0.39, 0.29) is 5.91 Å². The Morgan fingerprint density at radius 1 is 1.24 bits per heavy atom. The van der Waals surface area contributed by atoms with Crippen molar-refractivity contribution < 1.29 is 4.79 Å². The van der Waals surface area contributed by atoms with Crippen molar-refractivity contribution in [1.29, 1.82) is 0 Å². The van der Waals surface area contributed by atoms with Gasteiger partial charge in [-0.25, -0.2) is 0 Å². The number of hydrogen-bond donors (Lipinski definition) is 0. The number of carbonyl (C=O) groups excluding carboxylic acids is 1. The van der Waals surface area contributed by atoms with E-state index in [9.17, 15) is 4.79 Å². The van der Waals surface area contributed by atoms with E-state index in [1.165, 1.54) is 5.56 Å². The molecule has 0 radical (unpaired) electrons. The highest BCUT2D eigenvalue weighted by Gasteiger charge is 2.47. The summed E-state index contributed by atoms with van der Waals surface area (Å²) in [5.74, 6) is 0.267. The third-order valence-electron chi connectivity index (χ3n) is 4.53. The normalized spacial score (nSPS) is 25.5. The molecule has 0 aliphatic carbocycles. The number of carbonyl (C=O) groups is 1. The molecular formula is C16H17N3OS. The van der Waals surface area contributed by atoms with E-state index in [1.54, 1.807) is 11.3 Å². The minimum atomic E-state index is 0.267. The Morgan fingerprint density at radius 2 is 2.10 bits per heavy atom. The zero-order chi connectivity index (χ0) is 14.2. The van der Waals surface area contributed by atoms with Crippen LogP contribution in [0.15, 0.2) is 41.4 Å². The third-order valence-corrected chi connectivity index (χ3v) is 5.20. The lowest BCUT2D eigenvalue weighted by Gasteiger charge is -2.24. The van der Waals surface area contributed by atoms with Gasteiger partial charge in [0.15, 0.2) is 0 Å². The van der Waals surface area contributed by atoms with Gasteiger partial charge in [0, 0.05) is 43.3 Å². The van der Waals surface area contributed by atoms with Gasteiger partial charge in [-0.05, 0) is 35.6 Å². The van der Waals surface area contributed by atoms with E-state index in [4.69, 9.17) is 0 Å². The van der Waals surface area contributed by atoms with Crippen LogP contribution in [-0.2, 0) is 11.3 Å². The maximum absolute atomic E-state index is 12.4. The van der Waals surface area contributed by atoms with Crippen LogP contribution in [-0.4, -0.2) is 34.4 Å². The molecular weight excluding hydrogens is 282 g/mol. The molecule has 2 aliphatic rings. The fourth-order valence-electron chi connectivity index (χ4n) is 3.58. The predicted octanol–water partition coefficient (Wildman–Crippen LogP) is 2.52. The molecule has 108 valence electrons. The number of fused-ring (bicyclic) bond motifs is 1. The second kappa shape index (κ2) is 5.24. The SMILES string of the molecule is O=C1C[C@H]2[C@@H](CCN2Cc2ccncc2)N1c1ccsc1. The lowest BCUT2D eigenvalue weighted by Crippen LogP contribution is -2.36. The smallest absolute Gasteiger partial charge is 0.228 e. The van der Waals surface area contributed by atoms with E-state index in [1.807, 2.05) is 22.7 Å². The maximum atomic E-state index is 12.4. The van der Waals surface area contributed by atoms with Crippen LogP contribution in [0.25, 0.3) is 0 Å². The molecule has 2 aliphatic heterocycles. The minimum absolute atomic E-state index is 0.267. The minimum Gasteiger partial charge on any atom is -0.307 e. The average molecular weight is 299 g/mol. The molecule has 1 amide bonds. The quantitative estimate of drug-likeness (QED) is 0.874. The van der Waals surface area contributed by atoms with Gasteiger partial charge in [-0.3, -0.25) is 14.7 Å². The van der Waals surface area contributed by atoms with Crippen molar-refractivity contribution in [1.82, 2.24) is 9.88 Å². The molecule has 4 heterocycles. The van der Waals surface area contributed by atoms with Gasteiger partial charge in [0.2, 0.25) is 5.91 Å². The Labute approximate surface area is 128 Å². The number of nitrogens with zero attached hydrogens (tertiary/aromatic N) is 3. The fourth-order valence-corrected chi connectivity index (χ4v) is 4.21. The highest BCUT2D eigenvalue weighted by atomic mass is 32.1.